The number of hydrogen-bond acceptors (Lipinski definition) is 2. The number of rotatable bonds is 3. The van der Waals surface area contributed by atoms with Crippen LogP contribution in [0.2, 0.25) is 0 Å². The van der Waals surface area contributed by atoms with E-state index in [0.717, 1.165) is 17.6 Å². The van der Waals surface area contributed by atoms with Crippen molar-refractivity contribution in [2.24, 2.45) is 0 Å². The highest BCUT2D eigenvalue weighted by atomic mass is 16.5. The number of fused-ring (bicyclic) bond motifs is 3. The molecule has 0 amide bonds. The molecule has 0 bridgehead atoms. The highest BCUT2D eigenvalue weighted by Crippen LogP contribution is 2.26. The Kier molecular flexibility index (Phi) is 3.64. The Morgan fingerprint density at radius 3 is 2.19 bits per heavy atom. The Morgan fingerprint density at radius 2 is 1.48 bits per heavy atom. The molecule has 2 aromatic carbocycles. The van der Waals surface area contributed by atoms with E-state index in [0.29, 0.717) is 6.61 Å². The highest BCUT2D eigenvalue weighted by molar-refractivity contribution is 6.06. The third-order valence-electron chi connectivity index (χ3n) is 3.56. The van der Waals surface area contributed by atoms with Gasteiger partial charge in [-0.15, -0.1) is 0 Å². The van der Waals surface area contributed by atoms with Crippen LogP contribution < -0.4 is 0 Å². The summed E-state index contributed by atoms with van der Waals surface area (Å²) in [7, 11) is 0. The van der Waals surface area contributed by atoms with Crippen molar-refractivity contribution in [3.8, 4) is 0 Å². The van der Waals surface area contributed by atoms with E-state index in [1.807, 2.05) is 6.07 Å². The predicted octanol–water partition coefficient (Wildman–Crippen LogP) is 4.75. The van der Waals surface area contributed by atoms with Crippen LogP contribution in [0.15, 0.2) is 48.5 Å². The zero-order valence-electron chi connectivity index (χ0n) is 12.9. The first kappa shape index (κ1) is 14.0. The lowest BCUT2D eigenvalue weighted by Crippen LogP contribution is -2.20. The molecule has 0 radical (unpaired) electrons. The summed E-state index contributed by atoms with van der Waals surface area (Å²) < 4.78 is 5.85. The quantitative estimate of drug-likeness (QED) is 0.646. The van der Waals surface area contributed by atoms with Gasteiger partial charge in [0.2, 0.25) is 0 Å². The lowest BCUT2D eigenvalue weighted by molar-refractivity contribution is -0.00114. The van der Waals surface area contributed by atoms with Crippen LogP contribution in [0.25, 0.3) is 21.7 Å². The molecular formula is C19H21NO. The zero-order valence-corrected chi connectivity index (χ0v) is 12.9. The van der Waals surface area contributed by atoms with Crippen LogP contribution in [-0.4, -0.2) is 17.2 Å². The van der Waals surface area contributed by atoms with E-state index in [2.05, 4.69) is 63.2 Å². The summed E-state index contributed by atoms with van der Waals surface area (Å²) in [5.74, 6) is 0. The molecule has 3 rings (SSSR count). The molecule has 0 fully saturated rings. The molecule has 108 valence electrons. The third-order valence-corrected chi connectivity index (χ3v) is 3.56. The van der Waals surface area contributed by atoms with Crippen LogP contribution in [0, 0.1) is 0 Å². The number of hydrogen-bond donors (Lipinski definition) is 0. The van der Waals surface area contributed by atoms with Crippen molar-refractivity contribution < 1.29 is 4.74 Å². The molecule has 21 heavy (non-hydrogen) atoms. The first-order valence-corrected chi connectivity index (χ1v) is 7.45. The lowest BCUT2D eigenvalue weighted by Gasteiger charge is -2.19. The maximum absolute atomic E-state index is 5.85. The summed E-state index contributed by atoms with van der Waals surface area (Å²) in [6.45, 7) is 6.94. The van der Waals surface area contributed by atoms with Gasteiger partial charge in [-0.25, -0.2) is 0 Å². The molecule has 2 heteroatoms. The van der Waals surface area contributed by atoms with Gasteiger partial charge in [0.15, 0.2) is 0 Å². The SMILES string of the molecule is CC(C)(C)OCCc1nc2ccccc2c2ccccc12. The fourth-order valence-electron chi connectivity index (χ4n) is 2.62. The summed E-state index contributed by atoms with van der Waals surface area (Å²) in [6, 6.07) is 16.8. The van der Waals surface area contributed by atoms with Crippen LogP contribution >= 0.6 is 0 Å². The highest BCUT2D eigenvalue weighted by Gasteiger charge is 2.12. The smallest absolute Gasteiger partial charge is 0.0711 e. The van der Waals surface area contributed by atoms with Crippen molar-refractivity contribution in [3.63, 3.8) is 0 Å². The van der Waals surface area contributed by atoms with E-state index >= 15 is 0 Å². The Balaban J connectivity index is 2.04. The number of pyridine rings is 1. The topological polar surface area (TPSA) is 22.1 Å². The standard InChI is InChI=1S/C19H21NO/c1-19(2,3)21-13-12-18-16-9-5-4-8-14(16)15-10-6-7-11-17(15)20-18/h4-11H,12-13H2,1-3H3. The number of para-hydroxylation sites is 1. The Morgan fingerprint density at radius 1 is 0.857 bits per heavy atom. The second kappa shape index (κ2) is 5.45. The maximum atomic E-state index is 5.85. The molecule has 1 heterocycles. The molecule has 0 aliphatic carbocycles. The van der Waals surface area contributed by atoms with Crippen LogP contribution in [0.1, 0.15) is 26.5 Å². The van der Waals surface area contributed by atoms with Gasteiger partial charge in [-0.1, -0.05) is 42.5 Å². The van der Waals surface area contributed by atoms with Gasteiger partial charge in [0, 0.05) is 17.2 Å². The molecule has 0 spiro atoms. The van der Waals surface area contributed by atoms with E-state index in [4.69, 9.17) is 9.72 Å². The monoisotopic (exact) mass is 279 g/mol. The summed E-state index contributed by atoms with van der Waals surface area (Å²) >= 11 is 0. The molecule has 0 aliphatic rings. The maximum Gasteiger partial charge on any atom is 0.0711 e. The van der Waals surface area contributed by atoms with E-state index in [1.165, 1.54) is 16.2 Å². The molecule has 0 saturated carbocycles. The van der Waals surface area contributed by atoms with Crippen molar-refractivity contribution in [2.75, 3.05) is 6.61 Å². The van der Waals surface area contributed by atoms with Crippen LogP contribution in [-0.2, 0) is 11.2 Å². The molecular weight excluding hydrogens is 258 g/mol. The fraction of sp³-hybridized carbons (Fsp3) is 0.316. The molecule has 2 nitrogen and oxygen atoms in total. The summed E-state index contributed by atoms with van der Waals surface area (Å²) in [5.41, 5.74) is 2.07. The van der Waals surface area contributed by atoms with Crippen molar-refractivity contribution >= 4 is 21.7 Å². The van der Waals surface area contributed by atoms with Crippen molar-refractivity contribution in [1.82, 2.24) is 4.98 Å². The largest absolute Gasteiger partial charge is 0.375 e. The normalized spacial score (nSPS) is 12.1. The van der Waals surface area contributed by atoms with Gasteiger partial charge in [0.1, 0.15) is 0 Å². The Hall–Kier alpha value is -1.93. The Labute approximate surface area is 125 Å². The first-order chi connectivity index (χ1) is 10.0. The summed E-state index contributed by atoms with van der Waals surface area (Å²) in [6.07, 6.45) is 0.836. The second-order valence-corrected chi connectivity index (χ2v) is 6.33. The number of aromatic nitrogens is 1. The molecule has 0 saturated heterocycles. The zero-order chi connectivity index (χ0) is 14.9. The minimum atomic E-state index is -0.105. The number of nitrogens with zero attached hydrogens (tertiary/aromatic N) is 1. The minimum Gasteiger partial charge on any atom is -0.375 e. The van der Waals surface area contributed by atoms with Crippen LogP contribution in [0.3, 0.4) is 0 Å². The molecule has 0 atom stereocenters. The van der Waals surface area contributed by atoms with Crippen LogP contribution in [0.4, 0.5) is 0 Å². The van der Waals surface area contributed by atoms with E-state index in [-0.39, 0.29) is 5.60 Å². The first-order valence-electron chi connectivity index (χ1n) is 7.45. The predicted molar refractivity (Wildman–Crippen MR) is 88.7 cm³/mol. The van der Waals surface area contributed by atoms with Gasteiger partial charge < -0.3 is 4.74 Å². The van der Waals surface area contributed by atoms with Gasteiger partial charge in [-0.05, 0) is 32.2 Å². The molecule has 3 aromatic rings. The van der Waals surface area contributed by atoms with Crippen molar-refractivity contribution in [3.05, 3.63) is 54.2 Å². The average molecular weight is 279 g/mol. The van der Waals surface area contributed by atoms with Gasteiger partial charge in [-0.3, -0.25) is 4.98 Å². The summed E-state index contributed by atoms with van der Waals surface area (Å²) in [4.78, 5) is 4.84. The third kappa shape index (κ3) is 3.06. The molecule has 0 unspecified atom stereocenters. The van der Waals surface area contributed by atoms with E-state index < -0.39 is 0 Å². The Bertz CT molecular complexity index is 771. The fourth-order valence-corrected chi connectivity index (χ4v) is 2.62. The summed E-state index contributed by atoms with van der Waals surface area (Å²) in [5, 5.41) is 3.72. The molecule has 0 aliphatic heterocycles. The lowest BCUT2D eigenvalue weighted by atomic mass is 10.0. The van der Waals surface area contributed by atoms with Gasteiger partial charge in [0.05, 0.1) is 23.4 Å². The second-order valence-electron chi connectivity index (χ2n) is 6.33. The van der Waals surface area contributed by atoms with Gasteiger partial charge >= 0.3 is 0 Å². The number of benzene rings is 2. The van der Waals surface area contributed by atoms with Crippen LogP contribution in [0.5, 0.6) is 0 Å². The van der Waals surface area contributed by atoms with Crippen molar-refractivity contribution in [1.29, 1.82) is 0 Å². The van der Waals surface area contributed by atoms with E-state index in [1.54, 1.807) is 0 Å². The molecule has 0 N–H and O–H groups in total. The number of ether oxygens (including phenoxy) is 1. The minimum absolute atomic E-state index is 0.105. The van der Waals surface area contributed by atoms with Gasteiger partial charge in [-0.2, -0.15) is 0 Å². The van der Waals surface area contributed by atoms with Crippen molar-refractivity contribution in [2.45, 2.75) is 32.8 Å². The average Bonchev–Trinajstić information content (AvgIpc) is 2.46. The van der Waals surface area contributed by atoms with E-state index in [9.17, 15) is 0 Å². The van der Waals surface area contributed by atoms with Gasteiger partial charge in [0.25, 0.3) is 0 Å². The molecule has 1 aromatic heterocycles.